The number of carbonyl (C=O) groups is 1. The average Bonchev–Trinajstić information content (AvgIpc) is 2.58. The van der Waals surface area contributed by atoms with Gasteiger partial charge < -0.3 is 10.6 Å². The van der Waals surface area contributed by atoms with Gasteiger partial charge in [0, 0.05) is 18.9 Å². The van der Waals surface area contributed by atoms with Crippen LogP contribution in [0, 0.1) is 11.3 Å². The smallest absolute Gasteiger partial charge is 0.263 e. The third kappa shape index (κ3) is 5.46. The summed E-state index contributed by atoms with van der Waals surface area (Å²) in [4.78, 5) is 16.0. The Bertz CT molecular complexity index is 721. The summed E-state index contributed by atoms with van der Waals surface area (Å²) in [6, 6.07) is 15.0. The molecule has 6 heteroatoms. The number of carbonyl (C=O) groups excluding carboxylic acids is 1. The molecule has 0 fully saturated rings. The lowest BCUT2D eigenvalue weighted by Crippen LogP contribution is -2.27. The summed E-state index contributed by atoms with van der Waals surface area (Å²) in [6.45, 7) is 0.459. The Morgan fingerprint density at radius 3 is 2.70 bits per heavy atom. The molecule has 1 aromatic heterocycles. The number of nitrogens with zero attached hydrogens (tertiary/aromatic N) is 2. The first-order valence-corrected chi connectivity index (χ1v) is 7.37. The lowest BCUT2D eigenvalue weighted by molar-refractivity contribution is -0.117. The summed E-state index contributed by atoms with van der Waals surface area (Å²) >= 11 is 5.74. The first-order chi connectivity index (χ1) is 11.2. The van der Waals surface area contributed by atoms with E-state index < -0.39 is 5.91 Å². The van der Waals surface area contributed by atoms with Crippen molar-refractivity contribution in [1.82, 2.24) is 10.3 Å². The normalized spacial score (nSPS) is 10.7. The van der Waals surface area contributed by atoms with Crippen LogP contribution in [0.5, 0.6) is 0 Å². The Morgan fingerprint density at radius 1 is 1.26 bits per heavy atom. The summed E-state index contributed by atoms with van der Waals surface area (Å²) in [5.74, 6) is 0.0733. The second kappa shape index (κ2) is 8.57. The van der Waals surface area contributed by atoms with Crippen LogP contribution in [0.1, 0.15) is 5.56 Å². The van der Waals surface area contributed by atoms with Crippen molar-refractivity contribution in [3.63, 3.8) is 0 Å². The van der Waals surface area contributed by atoms with Gasteiger partial charge in [-0.05, 0) is 24.1 Å². The summed E-state index contributed by atoms with van der Waals surface area (Å²) in [5.41, 5.74) is 1.11. The van der Waals surface area contributed by atoms with E-state index in [-0.39, 0.29) is 5.57 Å². The van der Waals surface area contributed by atoms with Crippen molar-refractivity contribution < 1.29 is 4.79 Å². The van der Waals surface area contributed by atoms with E-state index in [1.807, 2.05) is 36.4 Å². The fourth-order valence-corrected chi connectivity index (χ4v) is 1.93. The molecular weight excluding hydrogens is 312 g/mol. The van der Waals surface area contributed by atoms with Crippen LogP contribution in [0.15, 0.2) is 60.4 Å². The van der Waals surface area contributed by atoms with Crippen LogP contribution in [0.4, 0.5) is 5.82 Å². The van der Waals surface area contributed by atoms with E-state index in [4.69, 9.17) is 16.9 Å². The van der Waals surface area contributed by atoms with Crippen LogP contribution < -0.4 is 10.6 Å². The Kier molecular flexibility index (Phi) is 6.16. The molecule has 0 spiro atoms. The summed E-state index contributed by atoms with van der Waals surface area (Å²) in [6.07, 6.45) is 3.51. The molecule has 0 aliphatic rings. The van der Waals surface area contributed by atoms with Crippen molar-refractivity contribution in [1.29, 1.82) is 5.26 Å². The van der Waals surface area contributed by atoms with Crippen molar-refractivity contribution in [3.05, 3.63) is 71.0 Å². The topological polar surface area (TPSA) is 77.8 Å². The highest BCUT2D eigenvalue weighted by Crippen LogP contribution is 2.09. The molecule has 0 atom stereocenters. The van der Waals surface area contributed by atoms with Gasteiger partial charge in [-0.25, -0.2) is 4.98 Å². The first kappa shape index (κ1) is 16.5. The minimum atomic E-state index is -0.426. The zero-order valence-corrected chi connectivity index (χ0v) is 13.0. The Hall–Kier alpha value is -2.84. The van der Waals surface area contributed by atoms with Gasteiger partial charge in [-0.15, -0.1) is 0 Å². The van der Waals surface area contributed by atoms with Gasteiger partial charge in [0.2, 0.25) is 0 Å². The van der Waals surface area contributed by atoms with Crippen molar-refractivity contribution >= 4 is 23.3 Å². The van der Waals surface area contributed by atoms with Gasteiger partial charge >= 0.3 is 0 Å². The third-order valence-electron chi connectivity index (χ3n) is 3.00. The minimum absolute atomic E-state index is 0.0187. The van der Waals surface area contributed by atoms with E-state index in [0.29, 0.717) is 23.8 Å². The standard InChI is InChI=1S/C17H15ClN4O/c18-15-6-7-16(22-12-15)21-11-14(10-19)17(23)20-9-8-13-4-2-1-3-5-13/h1-7,11-12H,8-9H2,(H,20,23)(H,21,22)/b14-11-. The van der Waals surface area contributed by atoms with Crippen molar-refractivity contribution in [2.45, 2.75) is 6.42 Å². The molecule has 0 aliphatic heterocycles. The van der Waals surface area contributed by atoms with Crippen molar-refractivity contribution in [2.75, 3.05) is 11.9 Å². The van der Waals surface area contributed by atoms with Crippen molar-refractivity contribution in [2.24, 2.45) is 0 Å². The molecule has 23 heavy (non-hydrogen) atoms. The van der Waals surface area contributed by atoms with Crippen LogP contribution in [0.3, 0.4) is 0 Å². The maximum atomic E-state index is 12.0. The van der Waals surface area contributed by atoms with Gasteiger partial charge in [0.25, 0.3) is 5.91 Å². The zero-order valence-electron chi connectivity index (χ0n) is 12.3. The van der Waals surface area contributed by atoms with Gasteiger partial charge in [0.15, 0.2) is 0 Å². The molecule has 0 unspecified atom stereocenters. The van der Waals surface area contributed by atoms with E-state index >= 15 is 0 Å². The quantitative estimate of drug-likeness (QED) is 0.632. The molecule has 0 bridgehead atoms. The number of rotatable bonds is 6. The Balaban J connectivity index is 1.86. The van der Waals surface area contributed by atoms with E-state index in [9.17, 15) is 4.79 Å². The van der Waals surface area contributed by atoms with Gasteiger partial charge in [-0.2, -0.15) is 5.26 Å². The Labute approximate surface area is 139 Å². The largest absolute Gasteiger partial charge is 0.351 e. The molecule has 2 rings (SSSR count). The number of hydrogen-bond donors (Lipinski definition) is 2. The number of anilines is 1. The molecule has 1 amide bonds. The van der Waals surface area contributed by atoms with Crippen LogP contribution >= 0.6 is 11.6 Å². The summed E-state index contributed by atoms with van der Waals surface area (Å²) in [5, 5.41) is 15.1. The predicted molar refractivity (Wildman–Crippen MR) is 89.7 cm³/mol. The predicted octanol–water partition coefficient (Wildman–Crippen LogP) is 2.91. The average molecular weight is 327 g/mol. The number of nitrogens with one attached hydrogen (secondary N) is 2. The number of benzene rings is 1. The van der Waals surface area contributed by atoms with Crippen LogP contribution in [0.2, 0.25) is 5.02 Å². The van der Waals surface area contributed by atoms with Gasteiger partial charge in [-0.1, -0.05) is 41.9 Å². The second-order valence-electron chi connectivity index (χ2n) is 4.67. The molecule has 0 aliphatic carbocycles. The fourth-order valence-electron chi connectivity index (χ4n) is 1.82. The number of nitriles is 1. The van der Waals surface area contributed by atoms with Crippen LogP contribution in [0.25, 0.3) is 0 Å². The van der Waals surface area contributed by atoms with Crippen molar-refractivity contribution in [3.8, 4) is 6.07 Å². The van der Waals surface area contributed by atoms with Gasteiger partial charge in [0.1, 0.15) is 17.5 Å². The highest BCUT2D eigenvalue weighted by Gasteiger charge is 2.08. The molecule has 116 valence electrons. The first-order valence-electron chi connectivity index (χ1n) is 6.99. The molecule has 1 heterocycles. The molecule has 2 N–H and O–H groups in total. The fraction of sp³-hybridized carbons (Fsp3) is 0.118. The van der Waals surface area contributed by atoms with Crippen LogP contribution in [-0.4, -0.2) is 17.4 Å². The highest BCUT2D eigenvalue weighted by molar-refractivity contribution is 6.30. The number of hydrogen-bond acceptors (Lipinski definition) is 4. The number of amides is 1. The molecule has 0 radical (unpaired) electrons. The van der Waals surface area contributed by atoms with E-state index in [1.54, 1.807) is 12.1 Å². The molecular formula is C17H15ClN4O. The minimum Gasteiger partial charge on any atom is -0.351 e. The lowest BCUT2D eigenvalue weighted by atomic mass is 10.1. The number of halogens is 1. The molecule has 5 nitrogen and oxygen atoms in total. The molecule has 1 aromatic carbocycles. The number of pyridine rings is 1. The number of aromatic nitrogens is 1. The van der Waals surface area contributed by atoms with Crippen LogP contribution in [-0.2, 0) is 11.2 Å². The lowest BCUT2D eigenvalue weighted by Gasteiger charge is -2.05. The third-order valence-corrected chi connectivity index (χ3v) is 3.22. The molecule has 2 aromatic rings. The van der Waals surface area contributed by atoms with Gasteiger partial charge in [0.05, 0.1) is 5.02 Å². The monoisotopic (exact) mass is 326 g/mol. The highest BCUT2D eigenvalue weighted by atomic mass is 35.5. The zero-order chi connectivity index (χ0) is 16.5. The maximum Gasteiger partial charge on any atom is 0.263 e. The van der Waals surface area contributed by atoms with E-state index in [0.717, 1.165) is 5.56 Å². The van der Waals surface area contributed by atoms with E-state index in [1.165, 1.54) is 12.4 Å². The maximum absolute atomic E-state index is 12.0. The van der Waals surface area contributed by atoms with E-state index in [2.05, 4.69) is 15.6 Å². The summed E-state index contributed by atoms with van der Waals surface area (Å²) in [7, 11) is 0. The Morgan fingerprint density at radius 2 is 2.04 bits per heavy atom. The SMILES string of the molecule is N#C/C(=C/Nc1ccc(Cl)cn1)C(=O)NCCc1ccccc1. The summed E-state index contributed by atoms with van der Waals surface area (Å²) < 4.78 is 0. The second-order valence-corrected chi connectivity index (χ2v) is 5.10. The van der Waals surface area contributed by atoms with Gasteiger partial charge in [-0.3, -0.25) is 4.79 Å². The molecule has 0 saturated carbocycles. The molecule has 0 saturated heterocycles.